The first-order valence-electron chi connectivity index (χ1n) is 5.56. The lowest BCUT2D eigenvalue weighted by Gasteiger charge is -2.38. The van der Waals surface area contributed by atoms with Crippen molar-refractivity contribution in [2.24, 2.45) is 0 Å². The average molecular weight is 223 g/mol. The zero-order valence-corrected chi connectivity index (χ0v) is 11.4. The summed E-state index contributed by atoms with van der Waals surface area (Å²) < 4.78 is 6.21. The number of nitrogens with zero attached hydrogens (tertiary/aromatic N) is 1. The van der Waals surface area contributed by atoms with E-state index in [0.717, 1.165) is 18.4 Å². The van der Waals surface area contributed by atoms with Gasteiger partial charge in [-0.05, 0) is 31.0 Å². The molecule has 1 rings (SSSR count). The van der Waals surface area contributed by atoms with Crippen LogP contribution in [0.25, 0.3) is 0 Å². The van der Waals surface area contributed by atoms with Gasteiger partial charge in [-0.3, -0.25) is 0 Å². The van der Waals surface area contributed by atoms with E-state index in [1.807, 2.05) is 6.08 Å². The molecule has 84 valence electrons. The van der Waals surface area contributed by atoms with Crippen molar-refractivity contribution < 1.29 is 4.43 Å². The van der Waals surface area contributed by atoms with Gasteiger partial charge in [0, 0.05) is 0 Å². The summed E-state index contributed by atoms with van der Waals surface area (Å²) >= 11 is 0. The Kier molecular flexibility index (Phi) is 3.42. The van der Waals surface area contributed by atoms with Crippen LogP contribution in [0, 0.1) is 11.3 Å². The Morgan fingerprint density at radius 3 is 2.53 bits per heavy atom. The van der Waals surface area contributed by atoms with Gasteiger partial charge in [-0.1, -0.05) is 26.8 Å². The van der Waals surface area contributed by atoms with Gasteiger partial charge >= 0.3 is 0 Å². The third-order valence-corrected chi connectivity index (χ3v) is 8.00. The Hall–Kier alpha value is -0.593. The number of allylic oxidation sites excluding steroid dienone is 1. The van der Waals surface area contributed by atoms with Crippen LogP contribution in [0.15, 0.2) is 11.6 Å². The molecule has 0 aromatic rings. The molecule has 0 aromatic heterocycles. The highest BCUT2D eigenvalue weighted by Crippen LogP contribution is 2.39. The zero-order valence-electron chi connectivity index (χ0n) is 10.4. The maximum absolute atomic E-state index is 8.95. The molecule has 1 aliphatic rings. The fourth-order valence-electron chi connectivity index (χ4n) is 1.45. The van der Waals surface area contributed by atoms with E-state index in [9.17, 15) is 0 Å². The molecule has 1 aliphatic carbocycles. The highest BCUT2D eigenvalue weighted by molar-refractivity contribution is 6.74. The lowest BCUT2D eigenvalue weighted by atomic mass is 10.2. The number of rotatable bonds is 2. The second-order valence-corrected chi connectivity index (χ2v) is 10.5. The summed E-state index contributed by atoms with van der Waals surface area (Å²) in [5.41, 5.74) is 0.833. The van der Waals surface area contributed by atoms with Gasteiger partial charge in [-0.25, -0.2) is 0 Å². The van der Waals surface area contributed by atoms with Gasteiger partial charge < -0.3 is 4.43 Å². The molecule has 0 saturated carbocycles. The van der Waals surface area contributed by atoms with Crippen LogP contribution in [0.3, 0.4) is 0 Å². The molecule has 0 saturated heterocycles. The molecule has 0 heterocycles. The van der Waals surface area contributed by atoms with E-state index >= 15 is 0 Å². The minimum Gasteiger partial charge on any atom is -0.409 e. The first-order chi connectivity index (χ1) is 6.78. The highest BCUT2D eigenvalue weighted by Gasteiger charge is 2.40. The third kappa shape index (κ3) is 2.70. The summed E-state index contributed by atoms with van der Waals surface area (Å²) in [6, 6.07) is 2.25. The second kappa shape index (κ2) is 4.11. The fourth-order valence-corrected chi connectivity index (χ4v) is 2.76. The van der Waals surface area contributed by atoms with Gasteiger partial charge in [-0.15, -0.1) is 0 Å². The van der Waals surface area contributed by atoms with Crippen LogP contribution in [-0.2, 0) is 4.43 Å². The van der Waals surface area contributed by atoms with Crippen LogP contribution in [0.1, 0.15) is 33.6 Å². The molecular formula is C12H21NOSi. The minimum atomic E-state index is -1.72. The van der Waals surface area contributed by atoms with E-state index in [0.29, 0.717) is 0 Å². The third-order valence-electron chi connectivity index (χ3n) is 3.51. The lowest BCUT2D eigenvalue weighted by Crippen LogP contribution is -2.43. The summed E-state index contributed by atoms with van der Waals surface area (Å²) in [5.74, 6) is 0. The van der Waals surface area contributed by atoms with Crippen LogP contribution < -0.4 is 0 Å². The van der Waals surface area contributed by atoms with Gasteiger partial charge in [0.25, 0.3) is 0 Å². The van der Waals surface area contributed by atoms with Crippen molar-refractivity contribution in [3.05, 3.63) is 11.6 Å². The maximum atomic E-state index is 8.95. The largest absolute Gasteiger partial charge is 0.409 e. The van der Waals surface area contributed by atoms with Crippen molar-refractivity contribution in [3.8, 4) is 6.07 Å². The summed E-state index contributed by atoms with van der Waals surface area (Å²) in [7, 11) is -1.72. The van der Waals surface area contributed by atoms with Gasteiger partial charge in [0.1, 0.15) is 0 Å². The molecule has 0 aliphatic heterocycles. The standard InChI is InChI=1S/C12H21NOSi/c1-12(2,3)15(4,5)14-11-8-6-7-10(11)9-13/h7,11H,6,8H2,1-5H3. The van der Waals surface area contributed by atoms with Crippen molar-refractivity contribution >= 4 is 8.32 Å². The molecule has 2 nitrogen and oxygen atoms in total. The average Bonchev–Trinajstić information content (AvgIpc) is 2.48. The summed E-state index contributed by atoms with van der Waals surface area (Å²) in [6.45, 7) is 11.2. The smallest absolute Gasteiger partial charge is 0.192 e. The van der Waals surface area contributed by atoms with E-state index in [1.54, 1.807) is 0 Å². The van der Waals surface area contributed by atoms with Crippen molar-refractivity contribution in [2.75, 3.05) is 0 Å². The first kappa shape index (κ1) is 12.5. The predicted octanol–water partition coefficient (Wildman–Crippen LogP) is 3.62. The van der Waals surface area contributed by atoms with Crippen LogP contribution in [0.5, 0.6) is 0 Å². The quantitative estimate of drug-likeness (QED) is 0.670. The van der Waals surface area contributed by atoms with E-state index in [4.69, 9.17) is 9.69 Å². The Morgan fingerprint density at radius 2 is 2.07 bits per heavy atom. The lowest BCUT2D eigenvalue weighted by molar-refractivity contribution is 0.218. The van der Waals surface area contributed by atoms with Gasteiger partial charge in [0.15, 0.2) is 8.32 Å². The summed E-state index contributed by atoms with van der Waals surface area (Å²) in [5, 5.41) is 9.17. The molecule has 3 heteroatoms. The SMILES string of the molecule is CC(C)(C)[Si](C)(C)OC1CCC=C1C#N. The second-order valence-electron chi connectivity index (χ2n) is 5.72. The Bertz CT molecular complexity index is 307. The first-order valence-corrected chi connectivity index (χ1v) is 8.47. The van der Waals surface area contributed by atoms with Crippen molar-refractivity contribution in [1.82, 2.24) is 0 Å². The molecule has 0 radical (unpaired) electrons. The Balaban J connectivity index is 2.71. The van der Waals surface area contributed by atoms with Crippen LogP contribution in [0.4, 0.5) is 0 Å². The van der Waals surface area contributed by atoms with Gasteiger partial charge in [0.05, 0.1) is 17.7 Å². The van der Waals surface area contributed by atoms with Crippen LogP contribution in [0.2, 0.25) is 18.1 Å². The van der Waals surface area contributed by atoms with E-state index < -0.39 is 8.32 Å². The molecule has 0 amide bonds. The van der Waals surface area contributed by atoms with E-state index in [2.05, 4.69) is 39.9 Å². The fraction of sp³-hybridized carbons (Fsp3) is 0.750. The normalized spacial score (nSPS) is 22.4. The molecule has 0 bridgehead atoms. The minimum absolute atomic E-state index is 0.0656. The van der Waals surface area contributed by atoms with E-state index in [-0.39, 0.29) is 11.1 Å². The number of hydrogen-bond acceptors (Lipinski definition) is 2. The van der Waals surface area contributed by atoms with Gasteiger partial charge in [0.2, 0.25) is 0 Å². The highest BCUT2D eigenvalue weighted by atomic mass is 28.4. The van der Waals surface area contributed by atoms with Crippen molar-refractivity contribution in [3.63, 3.8) is 0 Å². The molecule has 0 aromatic carbocycles. The Labute approximate surface area is 94.1 Å². The van der Waals surface area contributed by atoms with Crippen molar-refractivity contribution in [1.29, 1.82) is 5.26 Å². The summed E-state index contributed by atoms with van der Waals surface area (Å²) in [6.07, 6.45) is 4.05. The van der Waals surface area contributed by atoms with Crippen LogP contribution in [-0.4, -0.2) is 14.4 Å². The molecule has 1 unspecified atom stereocenters. The molecule has 1 atom stereocenters. The zero-order chi connectivity index (χ0) is 11.7. The maximum Gasteiger partial charge on any atom is 0.192 e. The van der Waals surface area contributed by atoms with Crippen LogP contribution >= 0.6 is 0 Å². The van der Waals surface area contributed by atoms with Crippen molar-refractivity contribution in [2.45, 2.75) is 57.8 Å². The van der Waals surface area contributed by atoms with E-state index in [1.165, 1.54) is 0 Å². The monoisotopic (exact) mass is 223 g/mol. The summed E-state index contributed by atoms with van der Waals surface area (Å²) in [4.78, 5) is 0. The van der Waals surface area contributed by atoms with Gasteiger partial charge in [-0.2, -0.15) is 5.26 Å². The molecule has 0 N–H and O–H groups in total. The number of hydrogen-bond donors (Lipinski definition) is 0. The molecular weight excluding hydrogens is 202 g/mol. The topological polar surface area (TPSA) is 33.0 Å². The molecule has 0 spiro atoms. The molecule has 15 heavy (non-hydrogen) atoms. The molecule has 0 fully saturated rings. The Morgan fingerprint density at radius 1 is 1.47 bits per heavy atom. The predicted molar refractivity (Wildman–Crippen MR) is 65.0 cm³/mol. The number of nitriles is 1.